The second kappa shape index (κ2) is 8.49. The van der Waals surface area contributed by atoms with Gasteiger partial charge in [-0.25, -0.2) is 0 Å². The fourth-order valence-electron chi connectivity index (χ4n) is 2.02. The van der Waals surface area contributed by atoms with Crippen LogP contribution in [0.3, 0.4) is 0 Å². The molecular weight excluding hydrogens is 254 g/mol. The van der Waals surface area contributed by atoms with E-state index in [1.54, 1.807) is 0 Å². The topological polar surface area (TPSA) is 29.1 Å². The van der Waals surface area contributed by atoms with Crippen molar-refractivity contribution in [2.24, 2.45) is 5.92 Å². The van der Waals surface area contributed by atoms with Crippen LogP contribution < -0.4 is 5.32 Å². The molecule has 0 fully saturated rings. The van der Waals surface area contributed by atoms with E-state index >= 15 is 0 Å². The third kappa shape index (κ3) is 6.35. The third-order valence-corrected chi connectivity index (χ3v) is 4.74. The predicted octanol–water partition coefficient (Wildman–Crippen LogP) is 3.44. The van der Waals surface area contributed by atoms with Crippen LogP contribution in [0.4, 0.5) is 0 Å². The molecule has 1 aromatic rings. The number of hydrogen-bond acceptors (Lipinski definition) is 2. The van der Waals surface area contributed by atoms with Gasteiger partial charge in [0, 0.05) is 28.3 Å². The molecule has 0 spiro atoms. The summed E-state index contributed by atoms with van der Waals surface area (Å²) in [6.45, 7) is 9.47. The van der Waals surface area contributed by atoms with Gasteiger partial charge in [0.1, 0.15) is 0 Å². The largest absolute Gasteiger partial charge is 0.309 e. The fraction of sp³-hybridized carbons (Fsp3) is 0.625. The number of hydrogen-bond donors (Lipinski definition) is 1. The van der Waals surface area contributed by atoms with Crippen LogP contribution in [-0.4, -0.2) is 22.3 Å². The molecule has 2 atom stereocenters. The predicted molar refractivity (Wildman–Crippen MR) is 84.9 cm³/mol. The van der Waals surface area contributed by atoms with Crippen LogP contribution in [0, 0.1) is 12.8 Å². The van der Waals surface area contributed by atoms with Crippen molar-refractivity contribution < 1.29 is 4.21 Å². The van der Waals surface area contributed by atoms with E-state index in [4.69, 9.17) is 0 Å². The molecule has 1 N–H and O–H groups in total. The minimum absolute atomic E-state index is 0.208. The molecule has 2 unspecified atom stereocenters. The first-order valence-corrected chi connectivity index (χ1v) is 8.66. The van der Waals surface area contributed by atoms with Gasteiger partial charge in [-0.3, -0.25) is 4.21 Å². The van der Waals surface area contributed by atoms with E-state index in [1.165, 1.54) is 11.1 Å². The Morgan fingerprint density at radius 2 is 1.79 bits per heavy atom. The second-order valence-corrected chi connectivity index (χ2v) is 7.13. The Morgan fingerprint density at radius 1 is 1.16 bits per heavy atom. The average molecular weight is 281 g/mol. The van der Waals surface area contributed by atoms with Gasteiger partial charge in [0.05, 0.1) is 0 Å². The summed E-state index contributed by atoms with van der Waals surface area (Å²) >= 11 is 0. The van der Waals surface area contributed by atoms with Crippen molar-refractivity contribution in [3.05, 3.63) is 35.4 Å². The summed E-state index contributed by atoms with van der Waals surface area (Å²) in [6, 6.07) is 8.76. The van der Waals surface area contributed by atoms with E-state index < -0.39 is 10.8 Å². The Kier molecular flexibility index (Phi) is 7.32. The van der Waals surface area contributed by atoms with E-state index in [2.05, 4.69) is 57.3 Å². The molecule has 1 rings (SSSR count). The Morgan fingerprint density at radius 3 is 2.32 bits per heavy atom. The molecule has 0 aliphatic carbocycles. The van der Waals surface area contributed by atoms with E-state index in [9.17, 15) is 4.21 Å². The molecule has 0 heterocycles. The molecule has 0 amide bonds. The Labute approximate surface area is 120 Å². The first-order valence-electron chi connectivity index (χ1n) is 7.17. The van der Waals surface area contributed by atoms with Crippen molar-refractivity contribution in [1.82, 2.24) is 5.32 Å². The van der Waals surface area contributed by atoms with Gasteiger partial charge in [0.15, 0.2) is 0 Å². The lowest BCUT2D eigenvalue weighted by Crippen LogP contribution is -2.28. The van der Waals surface area contributed by atoms with Crippen LogP contribution >= 0.6 is 0 Å². The number of aryl methyl sites for hydroxylation is 1. The summed E-state index contributed by atoms with van der Waals surface area (Å²) in [4.78, 5) is 0. The highest BCUT2D eigenvalue weighted by Gasteiger charge is 2.15. The van der Waals surface area contributed by atoms with Crippen LogP contribution in [0.1, 0.15) is 44.4 Å². The van der Waals surface area contributed by atoms with Crippen molar-refractivity contribution >= 4 is 10.8 Å². The minimum atomic E-state index is -0.752. The van der Waals surface area contributed by atoms with Gasteiger partial charge >= 0.3 is 0 Å². The Bertz CT molecular complexity index is 386. The fourth-order valence-corrected chi connectivity index (χ4v) is 3.58. The molecule has 0 aliphatic rings. The van der Waals surface area contributed by atoms with Crippen molar-refractivity contribution in [1.29, 1.82) is 0 Å². The molecule has 0 aliphatic heterocycles. The third-order valence-electron chi connectivity index (χ3n) is 2.99. The molecular formula is C16H27NOS. The molecule has 1 aromatic carbocycles. The Hall–Kier alpha value is -0.670. The SMILES string of the molecule is CCCNC(CS(=O)CC(C)C)c1ccc(C)cc1. The molecule has 2 nitrogen and oxygen atoms in total. The van der Waals surface area contributed by atoms with Crippen molar-refractivity contribution in [3.8, 4) is 0 Å². The summed E-state index contributed by atoms with van der Waals surface area (Å²) in [6.07, 6.45) is 1.10. The summed E-state index contributed by atoms with van der Waals surface area (Å²) in [5.41, 5.74) is 2.51. The van der Waals surface area contributed by atoms with Crippen molar-refractivity contribution in [3.63, 3.8) is 0 Å². The van der Waals surface area contributed by atoms with Crippen LogP contribution in [0.25, 0.3) is 0 Å². The monoisotopic (exact) mass is 281 g/mol. The van der Waals surface area contributed by atoms with E-state index in [1.807, 2.05) is 0 Å². The lowest BCUT2D eigenvalue weighted by Gasteiger charge is -2.19. The maximum absolute atomic E-state index is 12.1. The molecule has 108 valence electrons. The standard InChI is InChI=1S/C16H27NOS/c1-5-10-17-16(12-19(18)11-13(2)3)15-8-6-14(4)7-9-15/h6-9,13,16-17H,5,10-12H2,1-4H3. The van der Waals surface area contributed by atoms with Crippen LogP contribution in [-0.2, 0) is 10.8 Å². The zero-order valence-electron chi connectivity index (χ0n) is 12.6. The molecule has 3 heteroatoms. The van der Waals surface area contributed by atoms with Gasteiger partial charge in [-0.2, -0.15) is 0 Å². The number of nitrogens with one attached hydrogen (secondary N) is 1. The lowest BCUT2D eigenvalue weighted by molar-refractivity contribution is 0.567. The maximum Gasteiger partial charge on any atom is 0.0436 e. The van der Waals surface area contributed by atoms with Crippen LogP contribution in [0.5, 0.6) is 0 Å². The molecule has 0 bridgehead atoms. The molecule has 0 saturated carbocycles. The summed E-state index contributed by atoms with van der Waals surface area (Å²) in [5.74, 6) is 1.99. The smallest absolute Gasteiger partial charge is 0.0436 e. The number of benzene rings is 1. The Balaban J connectivity index is 2.71. The highest BCUT2D eigenvalue weighted by atomic mass is 32.2. The lowest BCUT2D eigenvalue weighted by atomic mass is 10.1. The van der Waals surface area contributed by atoms with Crippen molar-refractivity contribution in [2.75, 3.05) is 18.1 Å². The quantitative estimate of drug-likeness (QED) is 0.791. The normalized spacial score (nSPS) is 14.6. The van der Waals surface area contributed by atoms with E-state index in [0.29, 0.717) is 11.7 Å². The van der Waals surface area contributed by atoms with Crippen LogP contribution in [0.2, 0.25) is 0 Å². The highest BCUT2D eigenvalue weighted by molar-refractivity contribution is 7.85. The highest BCUT2D eigenvalue weighted by Crippen LogP contribution is 2.16. The summed E-state index contributed by atoms with van der Waals surface area (Å²) in [5, 5.41) is 3.52. The molecule has 0 radical (unpaired) electrons. The summed E-state index contributed by atoms with van der Waals surface area (Å²) in [7, 11) is -0.752. The molecule has 0 aromatic heterocycles. The van der Waals surface area contributed by atoms with Crippen LogP contribution in [0.15, 0.2) is 24.3 Å². The van der Waals surface area contributed by atoms with E-state index in [0.717, 1.165) is 18.7 Å². The van der Waals surface area contributed by atoms with Gasteiger partial charge in [0.2, 0.25) is 0 Å². The molecule has 0 saturated heterocycles. The van der Waals surface area contributed by atoms with Gasteiger partial charge in [-0.1, -0.05) is 50.6 Å². The van der Waals surface area contributed by atoms with E-state index in [-0.39, 0.29) is 6.04 Å². The second-order valence-electron chi connectivity index (χ2n) is 5.58. The van der Waals surface area contributed by atoms with Gasteiger partial charge in [-0.15, -0.1) is 0 Å². The van der Waals surface area contributed by atoms with Gasteiger partial charge in [0.25, 0.3) is 0 Å². The van der Waals surface area contributed by atoms with Crippen molar-refractivity contribution in [2.45, 2.75) is 40.2 Å². The minimum Gasteiger partial charge on any atom is -0.309 e. The number of rotatable bonds is 8. The molecule has 19 heavy (non-hydrogen) atoms. The van der Waals surface area contributed by atoms with Gasteiger partial charge in [-0.05, 0) is 31.4 Å². The first kappa shape index (κ1) is 16.4. The maximum atomic E-state index is 12.1. The first-order chi connectivity index (χ1) is 9.02. The summed E-state index contributed by atoms with van der Waals surface area (Å²) < 4.78 is 12.1. The average Bonchev–Trinajstić information content (AvgIpc) is 2.34. The zero-order valence-corrected chi connectivity index (χ0v) is 13.4. The van der Waals surface area contributed by atoms with Gasteiger partial charge < -0.3 is 5.32 Å². The zero-order chi connectivity index (χ0) is 14.3.